The molecule has 3 aromatic rings. The topological polar surface area (TPSA) is 38.3 Å². The number of likely N-dealkylation sites (N-methyl/N-ethyl adjacent to an activating group) is 1. The molecule has 0 spiro atoms. The van der Waals surface area contributed by atoms with E-state index < -0.39 is 0 Å². The summed E-state index contributed by atoms with van der Waals surface area (Å²) in [6.07, 6.45) is 0. The first kappa shape index (κ1) is 16.2. The van der Waals surface area contributed by atoms with E-state index >= 15 is 0 Å². The number of nitrogens with zero attached hydrogens (tertiary/aromatic N) is 3. The van der Waals surface area contributed by atoms with Crippen molar-refractivity contribution in [1.82, 2.24) is 14.5 Å². The van der Waals surface area contributed by atoms with Gasteiger partial charge in [0.1, 0.15) is 5.75 Å². The van der Waals surface area contributed by atoms with Gasteiger partial charge in [0.05, 0.1) is 23.7 Å². The maximum absolute atomic E-state index is 5.31. The molecule has 1 aliphatic heterocycles. The minimum atomic E-state index is 0.155. The summed E-state index contributed by atoms with van der Waals surface area (Å²) < 4.78 is 9.58. The summed E-state index contributed by atoms with van der Waals surface area (Å²) >= 11 is 1.51. The highest BCUT2D eigenvalue weighted by atomic mass is 32.1. The second kappa shape index (κ2) is 6.58. The molecule has 1 aliphatic rings. The molecular formula is C20H21N3OS. The van der Waals surface area contributed by atoms with Crippen LogP contribution in [0.4, 0.5) is 0 Å². The summed E-state index contributed by atoms with van der Waals surface area (Å²) in [7, 11) is 3.89. The van der Waals surface area contributed by atoms with E-state index in [1.165, 1.54) is 27.5 Å². The lowest BCUT2D eigenvalue weighted by molar-refractivity contribution is 0.158. The highest BCUT2D eigenvalue weighted by Gasteiger charge is 2.40. The van der Waals surface area contributed by atoms with Gasteiger partial charge in [-0.25, -0.2) is 0 Å². The first-order valence-corrected chi connectivity index (χ1v) is 9.21. The Balaban J connectivity index is 1.81. The molecule has 0 aliphatic carbocycles. The van der Waals surface area contributed by atoms with Crippen LogP contribution in [0, 0.1) is 0 Å². The molecule has 4 rings (SSSR count). The fourth-order valence-electron chi connectivity index (χ4n) is 3.90. The second-order valence-corrected chi connectivity index (χ2v) is 7.29. The number of hydrogen-bond donors (Lipinski definition) is 0. The lowest BCUT2D eigenvalue weighted by atomic mass is 9.83. The van der Waals surface area contributed by atoms with Crippen molar-refractivity contribution in [3.05, 3.63) is 76.3 Å². The maximum atomic E-state index is 5.31. The normalized spacial score (nSPS) is 23.2. The Bertz CT molecular complexity index is 847. The Morgan fingerprint density at radius 2 is 1.72 bits per heavy atom. The fourth-order valence-corrected chi connectivity index (χ4v) is 4.84. The van der Waals surface area contributed by atoms with Crippen molar-refractivity contribution in [2.45, 2.75) is 24.9 Å². The van der Waals surface area contributed by atoms with Gasteiger partial charge in [-0.2, -0.15) is 0 Å². The number of fused-ring (bicyclic) bond motifs is 1. The number of ether oxygens (including phenoxy) is 1. The van der Waals surface area contributed by atoms with Gasteiger partial charge in [0.15, 0.2) is 0 Å². The van der Waals surface area contributed by atoms with Crippen molar-refractivity contribution >= 4 is 11.5 Å². The lowest BCUT2D eigenvalue weighted by Gasteiger charge is -2.42. The molecule has 0 amide bonds. The molecule has 0 saturated heterocycles. The van der Waals surface area contributed by atoms with Gasteiger partial charge in [-0.1, -0.05) is 53.9 Å². The van der Waals surface area contributed by atoms with Crippen molar-refractivity contribution in [2.24, 2.45) is 0 Å². The Morgan fingerprint density at radius 1 is 1.00 bits per heavy atom. The first-order valence-electron chi connectivity index (χ1n) is 8.43. The minimum Gasteiger partial charge on any atom is -0.497 e. The number of benzene rings is 2. The average Bonchev–Trinajstić information content (AvgIpc) is 3.13. The monoisotopic (exact) mass is 351 g/mol. The Hall–Kier alpha value is -2.24. The third-order valence-corrected chi connectivity index (χ3v) is 5.90. The highest BCUT2D eigenvalue weighted by Crippen LogP contribution is 2.49. The first-order chi connectivity index (χ1) is 12.2. The van der Waals surface area contributed by atoms with Gasteiger partial charge in [0.25, 0.3) is 0 Å². The summed E-state index contributed by atoms with van der Waals surface area (Å²) in [5, 5.41) is 4.47. The van der Waals surface area contributed by atoms with Crippen LogP contribution in [-0.4, -0.2) is 28.6 Å². The van der Waals surface area contributed by atoms with E-state index in [9.17, 15) is 0 Å². The van der Waals surface area contributed by atoms with Crippen LogP contribution in [-0.2, 0) is 0 Å². The third kappa shape index (κ3) is 2.73. The van der Waals surface area contributed by atoms with Gasteiger partial charge in [0, 0.05) is 12.0 Å². The molecule has 1 aromatic heterocycles. The van der Waals surface area contributed by atoms with Gasteiger partial charge in [-0.3, -0.25) is 4.90 Å². The zero-order valence-corrected chi connectivity index (χ0v) is 15.4. The van der Waals surface area contributed by atoms with Crippen LogP contribution in [0.3, 0.4) is 0 Å². The van der Waals surface area contributed by atoms with Crippen LogP contribution in [0.15, 0.2) is 54.6 Å². The van der Waals surface area contributed by atoms with Crippen molar-refractivity contribution < 1.29 is 4.74 Å². The summed E-state index contributed by atoms with van der Waals surface area (Å²) in [5.41, 5.74) is 3.68. The van der Waals surface area contributed by atoms with Gasteiger partial charge < -0.3 is 4.74 Å². The van der Waals surface area contributed by atoms with Gasteiger partial charge in [0.2, 0.25) is 0 Å². The highest BCUT2D eigenvalue weighted by molar-refractivity contribution is 7.05. The van der Waals surface area contributed by atoms with Crippen LogP contribution in [0.25, 0.3) is 0 Å². The molecular weight excluding hydrogens is 330 g/mol. The molecule has 128 valence electrons. The Morgan fingerprint density at radius 3 is 2.40 bits per heavy atom. The summed E-state index contributed by atoms with van der Waals surface area (Å²) in [5.74, 6) is 1.17. The fraction of sp³-hybridized carbons (Fsp3) is 0.300. The SMILES string of the molecule is COc1ccc([C@H]2c3snnc3[C@H](C)[C@@H](c3ccccc3)N2C)cc1. The molecule has 0 saturated carbocycles. The van der Waals surface area contributed by atoms with E-state index in [0.29, 0.717) is 5.92 Å². The van der Waals surface area contributed by atoms with Crippen LogP contribution in [0.5, 0.6) is 5.75 Å². The Kier molecular flexibility index (Phi) is 4.27. The zero-order chi connectivity index (χ0) is 17.4. The number of methoxy groups -OCH3 is 1. The van der Waals surface area contributed by atoms with Crippen molar-refractivity contribution in [2.75, 3.05) is 14.2 Å². The van der Waals surface area contributed by atoms with Gasteiger partial charge >= 0.3 is 0 Å². The quantitative estimate of drug-likeness (QED) is 0.700. The molecule has 0 bridgehead atoms. The van der Waals surface area contributed by atoms with Crippen molar-refractivity contribution in [3.63, 3.8) is 0 Å². The second-order valence-electron chi connectivity index (χ2n) is 6.51. The van der Waals surface area contributed by atoms with E-state index in [0.717, 1.165) is 11.4 Å². The number of rotatable bonds is 3. The van der Waals surface area contributed by atoms with Crippen LogP contribution < -0.4 is 4.74 Å². The molecule has 4 nitrogen and oxygen atoms in total. The average molecular weight is 351 g/mol. The van der Waals surface area contributed by atoms with Gasteiger partial charge in [-0.15, -0.1) is 5.10 Å². The van der Waals surface area contributed by atoms with E-state index in [2.05, 4.69) is 70.9 Å². The predicted molar refractivity (Wildman–Crippen MR) is 100 cm³/mol. The number of hydrogen-bond acceptors (Lipinski definition) is 5. The molecule has 5 heteroatoms. The molecule has 25 heavy (non-hydrogen) atoms. The third-order valence-electron chi connectivity index (χ3n) is 5.11. The lowest BCUT2D eigenvalue weighted by Crippen LogP contribution is -2.37. The summed E-state index contributed by atoms with van der Waals surface area (Å²) in [6.45, 7) is 2.25. The zero-order valence-electron chi connectivity index (χ0n) is 14.6. The van der Waals surface area contributed by atoms with Crippen LogP contribution >= 0.6 is 11.5 Å². The van der Waals surface area contributed by atoms with Crippen molar-refractivity contribution in [3.8, 4) is 5.75 Å². The summed E-state index contributed by atoms with van der Waals surface area (Å²) in [4.78, 5) is 3.69. The molecule has 0 N–H and O–H groups in total. The van der Waals surface area contributed by atoms with E-state index in [-0.39, 0.29) is 12.1 Å². The maximum Gasteiger partial charge on any atom is 0.118 e. The van der Waals surface area contributed by atoms with Crippen LogP contribution in [0.2, 0.25) is 0 Å². The Labute approximate surface area is 152 Å². The molecule has 0 radical (unpaired) electrons. The summed E-state index contributed by atoms with van der Waals surface area (Å²) in [6, 6.07) is 19.4. The molecule has 2 heterocycles. The van der Waals surface area contributed by atoms with Gasteiger partial charge in [-0.05, 0) is 41.8 Å². The predicted octanol–water partition coefficient (Wildman–Crippen LogP) is 4.43. The molecule has 2 aromatic carbocycles. The van der Waals surface area contributed by atoms with E-state index in [1.54, 1.807) is 7.11 Å². The molecule has 0 fully saturated rings. The van der Waals surface area contributed by atoms with Crippen molar-refractivity contribution in [1.29, 1.82) is 0 Å². The largest absolute Gasteiger partial charge is 0.497 e. The smallest absolute Gasteiger partial charge is 0.118 e. The number of aromatic nitrogens is 2. The standard InChI is InChI=1S/C20H21N3OS/c1-13-17-20(25-22-21-17)19(15-9-11-16(24-3)12-10-15)23(2)18(13)14-7-5-4-6-8-14/h4-13,18-19H,1-3H3/t13-,18-,19-/m0/s1. The van der Waals surface area contributed by atoms with E-state index in [4.69, 9.17) is 4.74 Å². The molecule has 0 unspecified atom stereocenters. The molecule has 3 atom stereocenters. The minimum absolute atomic E-state index is 0.155. The van der Waals surface area contributed by atoms with E-state index in [1.807, 2.05) is 12.1 Å². The van der Waals surface area contributed by atoms with Crippen LogP contribution in [0.1, 0.15) is 46.6 Å².